The lowest BCUT2D eigenvalue weighted by Gasteiger charge is -2.21. The Bertz CT molecular complexity index is 705. The zero-order chi connectivity index (χ0) is 17.4. The van der Waals surface area contributed by atoms with Crippen LogP contribution in [0, 0.1) is 5.92 Å². The van der Waals surface area contributed by atoms with E-state index < -0.39 is 11.9 Å². The van der Waals surface area contributed by atoms with Crippen LogP contribution in [0.15, 0.2) is 18.2 Å². The Kier molecular flexibility index (Phi) is 4.47. The molecule has 1 aliphatic heterocycles. The maximum absolute atomic E-state index is 12.6. The number of hydrogen-bond acceptors (Lipinski definition) is 4. The summed E-state index contributed by atoms with van der Waals surface area (Å²) in [4.78, 5) is 36.1. The lowest BCUT2D eigenvalue weighted by Crippen LogP contribution is -2.44. The number of primary amides is 1. The Hall–Kier alpha value is -2.12. The van der Waals surface area contributed by atoms with E-state index in [0.29, 0.717) is 16.6 Å². The number of carbonyl (C=O) groups is 3. The first kappa shape index (κ1) is 16.7. The van der Waals surface area contributed by atoms with E-state index in [0.717, 1.165) is 12.8 Å². The fraction of sp³-hybridized carbons (Fsp3) is 0.438. The highest BCUT2D eigenvalue weighted by molar-refractivity contribution is 6.31. The van der Waals surface area contributed by atoms with Crippen LogP contribution in [0.25, 0.3) is 0 Å². The molecule has 0 bridgehead atoms. The number of hydrogen-bond donors (Lipinski definition) is 3. The van der Waals surface area contributed by atoms with Crippen molar-refractivity contribution >= 4 is 35.0 Å². The van der Waals surface area contributed by atoms with Crippen LogP contribution in [0.4, 0.5) is 5.69 Å². The molecule has 1 saturated heterocycles. The van der Waals surface area contributed by atoms with Crippen molar-refractivity contribution in [2.75, 3.05) is 5.01 Å². The normalized spacial score (nSPS) is 21.7. The Morgan fingerprint density at radius 2 is 2.12 bits per heavy atom. The maximum Gasteiger partial charge on any atom is 0.253 e. The number of nitrogens with two attached hydrogens (primary N) is 1. The summed E-state index contributed by atoms with van der Waals surface area (Å²) in [5.74, 6) is -0.745. The summed E-state index contributed by atoms with van der Waals surface area (Å²) in [6.45, 7) is 1.96. The quantitative estimate of drug-likeness (QED) is 0.735. The van der Waals surface area contributed by atoms with Crippen LogP contribution in [0.2, 0.25) is 5.02 Å². The van der Waals surface area contributed by atoms with E-state index >= 15 is 0 Å². The van der Waals surface area contributed by atoms with E-state index in [9.17, 15) is 14.4 Å². The largest absolute Gasteiger partial charge is 0.368 e. The molecule has 3 rings (SSSR count). The van der Waals surface area contributed by atoms with Gasteiger partial charge in [0.1, 0.15) is 6.04 Å². The van der Waals surface area contributed by atoms with Gasteiger partial charge in [-0.1, -0.05) is 11.6 Å². The number of amides is 3. The fourth-order valence-electron chi connectivity index (χ4n) is 2.79. The molecule has 0 aromatic heterocycles. The summed E-state index contributed by atoms with van der Waals surface area (Å²) in [6.07, 6.45) is 2.17. The van der Waals surface area contributed by atoms with Gasteiger partial charge in [0.15, 0.2) is 0 Å². The predicted octanol–water partition coefficient (Wildman–Crippen LogP) is 0.963. The molecule has 8 heteroatoms. The zero-order valence-electron chi connectivity index (χ0n) is 13.2. The minimum absolute atomic E-state index is 0.0442. The number of carbonyl (C=O) groups excluding carboxylic acids is 3. The second-order valence-electron chi connectivity index (χ2n) is 6.28. The summed E-state index contributed by atoms with van der Waals surface area (Å²) in [7, 11) is 0. The molecular formula is C16H19ClN4O3. The lowest BCUT2D eigenvalue weighted by atomic mass is 10.1. The third-order valence-corrected chi connectivity index (χ3v) is 4.62. The lowest BCUT2D eigenvalue weighted by molar-refractivity contribution is -0.121. The van der Waals surface area contributed by atoms with Gasteiger partial charge in [-0.25, -0.2) is 10.4 Å². The van der Waals surface area contributed by atoms with Crippen LogP contribution in [-0.4, -0.2) is 29.8 Å². The van der Waals surface area contributed by atoms with Gasteiger partial charge < -0.3 is 11.1 Å². The number of rotatable bonds is 5. The van der Waals surface area contributed by atoms with Crippen molar-refractivity contribution in [1.29, 1.82) is 0 Å². The second-order valence-corrected chi connectivity index (χ2v) is 6.71. The SMILES string of the molecule is CC(NC(=O)c1cc(Cl)ccc1N1NC(C(N)=O)CC1=O)C1CC1. The van der Waals surface area contributed by atoms with Gasteiger partial charge in [-0.3, -0.25) is 14.4 Å². The highest BCUT2D eigenvalue weighted by Gasteiger charge is 2.36. The predicted molar refractivity (Wildman–Crippen MR) is 89.3 cm³/mol. The number of nitrogens with one attached hydrogen (secondary N) is 2. The highest BCUT2D eigenvalue weighted by atomic mass is 35.5. The van der Waals surface area contributed by atoms with Gasteiger partial charge >= 0.3 is 0 Å². The molecule has 0 spiro atoms. The third-order valence-electron chi connectivity index (χ3n) is 4.39. The molecule has 1 aromatic carbocycles. The van der Waals surface area contributed by atoms with Crippen LogP contribution < -0.4 is 21.5 Å². The molecular weight excluding hydrogens is 332 g/mol. The number of anilines is 1. The third kappa shape index (κ3) is 3.37. The van der Waals surface area contributed by atoms with Crippen LogP contribution >= 0.6 is 11.6 Å². The maximum atomic E-state index is 12.6. The first-order valence-electron chi connectivity index (χ1n) is 7.85. The standard InChI is InChI=1S/C16H19ClN4O3/c1-8(9-2-3-9)19-16(24)11-6-10(17)4-5-13(11)21-14(22)7-12(20-21)15(18)23/h4-6,8-9,12,20H,2-3,7H2,1H3,(H2,18,23)(H,19,24). The van der Waals surface area contributed by atoms with Crippen molar-refractivity contribution in [3.8, 4) is 0 Å². The molecule has 1 aliphatic carbocycles. The molecule has 1 saturated carbocycles. The van der Waals surface area contributed by atoms with E-state index in [-0.39, 0.29) is 29.8 Å². The molecule has 128 valence electrons. The van der Waals surface area contributed by atoms with E-state index in [4.69, 9.17) is 17.3 Å². The highest BCUT2D eigenvalue weighted by Crippen LogP contribution is 2.33. The Morgan fingerprint density at radius 3 is 2.71 bits per heavy atom. The first-order valence-corrected chi connectivity index (χ1v) is 8.23. The smallest absolute Gasteiger partial charge is 0.253 e. The van der Waals surface area contributed by atoms with Gasteiger partial charge in [-0.15, -0.1) is 0 Å². The molecule has 2 atom stereocenters. The van der Waals surface area contributed by atoms with Crippen LogP contribution in [0.5, 0.6) is 0 Å². The molecule has 2 fully saturated rings. The van der Waals surface area contributed by atoms with Gasteiger partial charge in [0.2, 0.25) is 11.8 Å². The van der Waals surface area contributed by atoms with Crippen LogP contribution in [0.3, 0.4) is 0 Å². The molecule has 0 radical (unpaired) electrons. The van der Waals surface area contributed by atoms with Crippen molar-refractivity contribution in [2.45, 2.75) is 38.3 Å². The number of hydrazine groups is 1. The van der Waals surface area contributed by atoms with Crippen molar-refractivity contribution in [3.63, 3.8) is 0 Å². The van der Waals surface area contributed by atoms with E-state index in [1.165, 1.54) is 11.1 Å². The second kappa shape index (κ2) is 6.41. The molecule has 4 N–H and O–H groups in total. The molecule has 3 amide bonds. The molecule has 24 heavy (non-hydrogen) atoms. The van der Waals surface area contributed by atoms with Crippen molar-refractivity contribution in [1.82, 2.24) is 10.7 Å². The number of benzene rings is 1. The number of nitrogens with zero attached hydrogens (tertiary/aromatic N) is 1. The fourth-order valence-corrected chi connectivity index (χ4v) is 2.96. The Labute approximate surface area is 144 Å². The van der Waals surface area contributed by atoms with Crippen molar-refractivity contribution in [2.24, 2.45) is 11.7 Å². The summed E-state index contributed by atoms with van der Waals surface area (Å²) in [5.41, 5.74) is 8.63. The summed E-state index contributed by atoms with van der Waals surface area (Å²) in [5, 5.41) is 4.53. The summed E-state index contributed by atoms with van der Waals surface area (Å²) >= 11 is 6.02. The van der Waals surface area contributed by atoms with Crippen LogP contribution in [-0.2, 0) is 9.59 Å². The molecule has 1 heterocycles. The molecule has 2 unspecified atom stereocenters. The first-order chi connectivity index (χ1) is 11.4. The average Bonchev–Trinajstić information content (AvgIpc) is 3.30. The van der Waals surface area contributed by atoms with E-state index in [1.807, 2.05) is 6.92 Å². The van der Waals surface area contributed by atoms with Gasteiger partial charge in [-0.05, 0) is 43.9 Å². The van der Waals surface area contributed by atoms with Gasteiger partial charge in [0, 0.05) is 11.1 Å². The van der Waals surface area contributed by atoms with E-state index in [2.05, 4.69) is 10.7 Å². The molecule has 2 aliphatic rings. The Morgan fingerprint density at radius 1 is 1.42 bits per heavy atom. The van der Waals surface area contributed by atoms with Crippen LogP contribution in [0.1, 0.15) is 36.5 Å². The minimum atomic E-state index is -0.783. The van der Waals surface area contributed by atoms with Gasteiger partial charge in [0.05, 0.1) is 17.7 Å². The molecule has 1 aromatic rings. The minimum Gasteiger partial charge on any atom is -0.368 e. The topological polar surface area (TPSA) is 105 Å². The van der Waals surface area contributed by atoms with Gasteiger partial charge in [-0.2, -0.15) is 0 Å². The van der Waals surface area contributed by atoms with Crippen molar-refractivity contribution < 1.29 is 14.4 Å². The zero-order valence-corrected chi connectivity index (χ0v) is 14.0. The summed E-state index contributed by atoms with van der Waals surface area (Å²) in [6, 6.07) is 3.95. The molecule has 7 nitrogen and oxygen atoms in total. The van der Waals surface area contributed by atoms with E-state index in [1.54, 1.807) is 12.1 Å². The summed E-state index contributed by atoms with van der Waals surface area (Å²) < 4.78 is 0. The van der Waals surface area contributed by atoms with Gasteiger partial charge in [0.25, 0.3) is 5.91 Å². The average molecular weight is 351 g/mol. The number of halogens is 1. The monoisotopic (exact) mass is 350 g/mol. The van der Waals surface area contributed by atoms with Crippen molar-refractivity contribution in [3.05, 3.63) is 28.8 Å². The Balaban J connectivity index is 1.86.